The van der Waals surface area contributed by atoms with Crippen molar-refractivity contribution in [2.24, 2.45) is 0 Å². The Hall–Kier alpha value is -1.20. The molecule has 1 saturated heterocycles. The molecule has 6 nitrogen and oxygen atoms in total. The van der Waals surface area contributed by atoms with Crippen molar-refractivity contribution in [2.75, 3.05) is 18.1 Å². The standard InChI is InChI=1S/C12H15F3N2O4S2/c1-11(2)8-22(18,19)7-6-17(11)23(20,21)9-4-3-5-16-10(9)12(13,14)15/h3-5H,6-8H2,1-2H3. The normalized spacial score (nSPS) is 22.0. The number of pyridine rings is 1. The van der Waals surface area contributed by atoms with Gasteiger partial charge in [-0.3, -0.25) is 4.98 Å². The predicted molar refractivity (Wildman–Crippen MR) is 75.9 cm³/mol. The summed E-state index contributed by atoms with van der Waals surface area (Å²) in [5, 5.41) is 0. The highest BCUT2D eigenvalue weighted by atomic mass is 32.2. The van der Waals surface area contributed by atoms with Gasteiger partial charge in [-0.25, -0.2) is 16.8 Å². The largest absolute Gasteiger partial charge is 0.434 e. The molecule has 0 aliphatic carbocycles. The highest BCUT2D eigenvalue weighted by Gasteiger charge is 2.47. The third-order valence-electron chi connectivity index (χ3n) is 3.46. The monoisotopic (exact) mass is 372 g/mol. The lowest BCUT2D eigenvalue weighted by molar-refractivity contribution is -0.143. The number of alkyl halides is 3. The molecule has 11 heteroatoms. The molecule has 0 amide bonds. The van der Waals surface area contributed by atoms with Gasteiger partial charge in [0.15, 0.2) is 15.5 Å². The van der Waals surface area contributed by atoms with E-state index in [0.717, 1.165) is 22.6 Å². The first kappa shape index (κ1) is 18.1. The molecule has 23 heavy (non-hydrogen) atoms. The van der Waals surface area contributed by atoms with Crippen LogP contribution in [0.4, 0.5) is 13.2 Å². The third-order valence-corrected chi connectivity index (χ3v) is 7.55. The molecule has 0 atom stereocenters. The predicted octanol–water partition coefficient (Wildman–Crippen LogP) is 1.30. The van der Waals surface area contributed by atoms with E-state index >= 15 is 0 Å². The summed E-state index contributed by atoms with van der Waals surface area (Å²) in [6.45, 7) is 2.33. The minimum absolute atomic E-state index is 0.399. The quantitative estimate of drug-likeness (QED) is 0.781. The molecule has 1 aliphatic heterocycles. The summed E-state index contributed by atoms with van der Waals surface area (Å²) in [7, 11) is -8.00. The van der Waals surface area contributed by atoms with Crippen molar-refractivity contribution < 1.29 is 30.0 Å². The second-order valence-corrected chi connectivity index (χ2v) is 9.84. The molecule has 1 aromatic heterocycles. The van der Waals surface area contributed by atoms with Gasteiger partial charge in [0.1, 0.15) is 4.90 Å². The molecule has 1 aliphatic rings. The molecule has 0 aromatic carbocycles. The van der Waals surface area contributed by atoms with Gasteiger partial charge in [-0.2, -0.15) is 17.5 Å². The Morgan fingerprint density at radius 1 is 1.30 bits per heavy atom. The van der Waals surface area contributed by atoms with Gasteiger partial charge in [0, 0.05) is 18.3 Å². The molecule has 2 rings (SSSR count). The lowest BCUT2D eigenvalue weighted by Gasteiger charge is -2.40. The first-order valence-electron chi connectivity index (χ1n) is 6.53. The number of hydrogen-bond acceptors (Lipinski definition) is 5. The van der Waals surface area contributed by atoms with Crippen LogP contribution in [-0.2, 0) is 26.0 Å². The maximum atomic E-state index is 13.0. The van der Waals surface area contributed by atoms with E-state index in [2.05, 4.69) is 4.98 Å². The molecule has 1 fully saturated rings. The van der Waals surface area contributed by atoms with E-state index in [-0.39, 0.29) is 0 Å². The summed E-state index contributed by atoms with van der Waals surface area (Å²) < 4.78 is 88.6. The van der Waals surface area contributed by atoms with Crippen molar-refractivity contribution >= 4 is 19.9 Å². The van der Waals surface area contributed by atoms with Crippen LogP contribution in [-0.4, -0.2) is 49.7 Å². The highest BCUT2D eigenvalue weighted by Crippen LogP contribution is 2.36. The van der Waals surface area contributed by atoms with Crippen molar-refractivity contribution in [3.8, 4) is 0 Å². The average Bonchev–Trinajstić information content (AvgIpc) is 2.34. The van der Waals surface area contributed by atoms with E-state index in [1.807, 2.05) is 0 Å². The molecule has 0 bridgehead atoms. The fourth-order valence-corrected chi connectivity index (χ4v) is 6.56. The second-order valence-electron chi connectivity index (χ2n) is 5.83. The van der Waals surface area contributed by atoms with Crippen molar-refractivity contribution in [1.82, 2.24) is 9.29 Å². The van der Waals surface area contributed by atoms with Gasteiger partial charge in [-0.1, -0.05) is 0 Å². The van der Waals surface area contributed by atoms with Crippen LogP contribution < -0.4 is 0 Å². The lowest BCUT2D eigenvalue weighted by Crippen LogP contribution is -2.57. The van der Waals surface area contributed by atoms with E-state index in [1.165, 1.54) is 13.8 Å². The fourth-order valence-electron chi connectivity index (χ4n) is 2.58. The van der Waals surface area contributed by atoms with Gasteiger partial charge in [0.25, 0.3) is 0 Å². The van der Waals surface area contributed by atoms with E-state index in [1.54, 1.807) is 0 Å². The minimum Gasteiger partial charge on any atom is -0.250 e. The van der Waals surface area contributed by atoms with Gasteiger partial charge >= 0.3 is 6.18 Å². The van der Waals surface area contributed by atoms with Crippen LogP contribution in [0.25, 0.3) is 0 Å². The molecule has 0 spiro atoms. The zero-order valence-electron chi connectivity index (χ0n) is 12.3. The van der Waals surface area contributed by atoms with Crippen LogP contribution in [0.15, 0.2) is 23.2 Å². The van der Waals surface area contributed by atoms with Crippen molar-refractivity contribution in [3.63, 3.8) is 0 Å². The first-order chi connectivity index (χ1) is 10.3. The summed E-state index contributed by atoms with van der Waals surface area (Å²) in [6.07, 6.45) is -4.08. The van der Waals surface area contributed by atoms with Gasteiger partial charge < -0.3 is 0 Å². The Bertz CT molecular complexity index is 817. The smallest absolute Gasteiger partial charge is 0.250 e. The summed E-state index contributed by atoms with van der Waals surface area (Å²) in [5.74, 6) is -0.891. The van der Waals surface area contributed by atoms with Crippen LogP contribution >= 0.6 is 0 Å². The summed E-state index contributed by atoms with van der Waals surface area (Å²) in [6, 6.07) is 1.92. The molecule has 0 N–H and O–H groups in total. The van der Waals surface area contributed by atoms with Crippen LogP contribution in [0.3, 0.4) is 0 Å². The molecule has 2 heterocycles. The van der Waals surface area contributed by atoms with Crippen molar-refractivity contribution in [1.29, 1.82) is 0 Å². The molecule has 130 valence electrons. The van der Waals surface area contributed by atoms with E-state index in [9.17, 15) is 30.0 Å². The summed E-state index contributed by atoms with van der Waals surface area (Å²) in [4.78, 5) is 2.17. The van der Waals surface area contributed by atoms with Gasteiger partial charge in [0.2, 0.25) is 10.0 Å². The maximum Gasteiger partial charge on any atom is 0.434 e. The number of sulfonamides is 1. The molecule has 0 unspecified atom stereocenters. The number of nitrogens with zero attached hydrogens (tertiary/aromatic N) is 2. The van der Waals surface area contributed by atoms with Crippen molar-refractivity contribution in [2.45, 2.75) is 30.5 Å². The summed E-state index contributed by atoms with van der Waals surface area (Å²) in [5.41, 5.74) is -2.86. The zero-order valence-corrected chi connectivity index (χ0v) is 14.0. The first-order valence-corrected chi connectivity index (χ1v) is 9.79. The SMILES string of the molecule is CC1(C)CS(=O)(=O)CCN1S(=O)(=O)c1cccnc1C(F)(F)F. The number of halogens is 3. The molecular formula is C12H15F3N2O4S2. The third kappa shape index (κ3) is 3.50. The van der Waals surface area contributed by atoms with Gasteiger partial charge in [-0.15, -0.1) is 0 Å². The van der Waals surface area contributed by atoms with Crippen LogP contribution in [0.1, 0.15) is 19.5 Å². The Morgan fingerprint density at radius 3 is 2.43 bits per heavy atom. The summed E-state index contributed by atoms with van der Waals surface area (Å²) >= 11 is 0. The van der Waals surface area contributed by atoms with E-state index < -0.39 is 60.2 Å². The molecular weight excluding hydrogens is 357 g/mol. The number of hydrogen-bond donors (Lipinski definition) is 0. The number of rotatable bonds is 2. The maximum absolute atomic E-state index is 13.0. The Balaban J connectivity index is 2.57. The Labute approximate surface area is 132 Å². The van der Waals surface area contributed by atoms with Gasteiger partial charge in [0.05, 0.1) is 11.5 Å². The van der Waals surface area contributed by atoms with Gasteiger partial charge in [-0.05, 0) is 26.0 Å². The van der Waals surface area contributed by atoms with Crippen LogP contribution in [0, 0.1) is 0 Å². The number of sulfone groups is 1. The topological polar surface area (TPSA) is 84.4 Å². The van der Waals surface area contributed by atoms with E-state index in [0.29, 0.717) is 0 Å². The molecule has 0 saturated carbocycles. The van der Waals surface area contributed by atoms with E-state index in [4.69, 9.17) is 0 Å². The Kier molecular flexibility index (Phi) is 4.27. The second kappa shape index (κ2) is 5.42. The molecule has 1 aromatic rings. The molecule has 0 radical (unpaired) electrons. The Morgan fingerprint density at radius 2 is 1.91 bits per heavy atom. The zero-order chi connectivity index (χ0) is 17.7. The van der Waals surface area contributed by atoms with Crippen molar-refractivity contribution in [3.05, 3.63) is 24.0 Å². The number of aromatic nitrogens is 1. The minimum atomic E-state index is -4.93. The average molecular weight is 372 g/mol. The lowest BCUT2D eigenvalue weighted by atomic mass is 10.1. The van der Waals surface area contributed by atoms with Crippen LogP contribution in [0.5, 0.6) is 0 Å². The van der Waals surface area contributed by atoms with Crippen LogP contribution in [0.2, 0.25) is 0 Å². The fraction of sp³-hybridized carbons (Fsp3) is 0.583. The highest BCUT2D eigenvalue weighted by molar-refractivity contribution is 7.92.